The number of nitrogens with zero attached hydrogens (tertiary/aromatic N) is 1. The van der Waals surface area contributed by atoms with Crippen LogP contribution in [0.15, 0.2) is 18.2 Å². The van der Waals surface area contributed by atoms with Crippen molar-refractivity contribution < 1.29 is 15.0 Å². The van der Waals surface area contributed by atoms with E-state index in [-0.39, 0.29) is 18.2 Å². The first-order valence-corrected chi connectivity index (χ1v) is 6.71. The van der Waals surface area contributed by atoms with Gasteiger partial charge in [0.1, 0.15) is 5.75 Å². The molecule has 0 heterocycles. The second kappa shape index (κ2) is 7.36. The highest BCUT2D eigenvalue weighted by Gasteiger charge is 2.13. The summed E-state index contributed by atoms with van der Waals surface area (Å²) in [5.74, 6) is -0.567. The summed E-state index contributed by atoms with van der Waals surface area (Å²) in [5, 5.41) is 19.0. The summed E-state index contributed by atoms with van der Waals surface area (Å²) < 4.78 is 0. The van der Waals surface area contributed by atoms with E-state index in [4.69, 9.17) is 16.7 Å². The molecule has 0 spiro atoms. The van der Waals surface area contributed by atoms with E-state index < -0.39 is 5.97 Å². The van der Waals surface area contributed by atoms with E-state index in [1.807, 2.05) is 13.8 Å². The van der Waals surface area contributed by atoms with E-state index >= 15 is 0 Å². The Balaban J connectivity index is 2.67. The third kappa shape index (κ3) is 5.49. The van der Waals surface area contributed by atoms with Crippen LogP contribution in [0.2, 0.25) is 5.02 Å². The Hall–Kier alpha value is -1.26. The van der Waals surface area contributed by atoms with Crippen LogP contribution in [0.3, 0.4) is 0 Å². The van der Waals surface area contributed by atoms with Crippen LogP contribution < -0.4 is 0 Å². The maximum absolute atomic E-state index is 10.5. The fourth-order valence-electron chi connectivity index (χ4n) is 1.85. The summed E-state index contributed by atoms with van der Waals surface area (Å²) in [7, 11) is 0. The molecule has 0 bridgehead atoms. The number of halogens is 1. The van der Waals surface area contributed by atoms with Crippen molar-refractivity contribution in [3.8, 4) is 5.75 Å². The Morgan fingerprint density at radius 1 is 1.42 bits per heavy atom. The third-order valence-electron chi connectivity index (χ3n) is 2.98. The molecule has 0 aliphatic carbocycles. The van der Waals surface area contributed by atoms with Crippen molar-refractivity contribution in [1.29, 1.82) is 0 Å². The second-order valence-electron chi connectivity index (χ2n) is 4.83. The molecular formula is C14H20ClNO3. The number of aliphatic carboxylic acids is 1. The van der Waals surface area contributed by atoms with Crippen LogP contribution in [0.4, 0.5) is 0 Å². The largest absolute Gasteiger partial charge is 0.508 e. The van der Waals surface area contributed by atoms with Gasteiger partial charge in [-0.1, -0.05) is 11.6 Å². The van der Waals surface area contributed by atoms with Crippen LogP contribution in [0, 0.1) is 0 Å². The van der Waals surface area contributed by atoms with E-state index in [9.17, 15) is 9.90 Å². The Kier molecular flexibility index (Phi) is 6.12. The normalized spacial score (nSPS) is 11.2. The molecule has 4 nitrogen and oxygen atoms in total. The summed E-state index contributed by atoms with van der Waals surface area (Å²) >= 11 is 5.92. The van der Waals surface area contributed by atoms with Crippen molar-refractivity contribution in [3.63, 3.8) is 0 Å². The number of rotatable bonds is 7. The van der Waals surface area contributed by atoms with E-state index in [1.54, 1.807) is 18.2 Å². The second-order valence-corrected chi connectivity index (χ2v) is 5.27. The van der Waals surface area contributed by atoms with Crippen LogP contribution in [0.25, 0.3) is 0 Å². The smallest absolute Gasteiger partial charge is 0.303 e. The van der Waals surface area contributed by atoms with Crippen molar-refractivity contribution in [2.75, 3.05) is 6.54 Å². The lowest BCUT2D eigenvalue weighted by Gasteiger charge is -2.26. The Morgan fingerprint density at radius 3 is 2.68 bits per heavy atom. The maximum atomic E-state index is 10.5. The van der Waals surface area contributed by atoms with Gasteiger partial charge in [-0.25, -0.2) is 0 Å². The lowest BCUT2D eigenvalue weighted by molar-refractivity contribution is -0.137. The average Bonchev–Trinajstić information content (AvgIpc) is 2.31. The van der Waals surface area contributed by atoms with Gasteiger partial charge in [0, 0.05) is 29.6 Å². The van der Waals surface area contributed by atoms with E-state index in [2.05, 4.69) is 4.90 Å². The van der Waals surface area contributed by atoms with Crippen molar-refractivity contribution in [3.05, 3.63) is 28.8 Å². The standard InChI is InChI=1S/C14H20ClNO3/c1-10(2)16(7-3-4-14(18)19)9-11-8-12(15)5-6-13(11)17/h5-6,8,10,17H,3-4,7,9H2,1-2H3,(H,18,19). The lowest BCUT2D eigenvalue weighted by atomic mass is 10.1. The summed E-state index contributed by atoms with van der Waals surface area (Å²) in [4.78, 5) is 12.7. The quantitative estimate of drug-likeness (QED) is 0.808. The van der Waals surface area contributed by atoms with Gasteiger partial charge in [-0.15, -0.1) is 0 Å². The minimum absolute atomic E-state index is 0.157. The van der Waals surface area contributed by atoms with Crippen molar-refractivity contribution in [2.24, 2.45) is 0 Å². The van der Waals surface area contributed by atoms with Gasteiger partial charge in [-0.05, 0) is 45.0 Å². The molecule has 0 aliphatic rings. The molecular weight excluding hydrogens is 266 g/mol. The molecule has 0 fully saturated rings. The number of aromatic hydroxyl groups is 1. The minimum atomic E-state index is -0.783. The summed E-state index contributed by atoms with van der Waals surface area (Å²) in [6.07, 6.45) is 0.750. The topological polar surface area (TPSA) is 60.8 Å². The van der Waals surface area contributed by atoms with Gasteiger partial charge in [0.25, 0.3) is 0 Å². The molecule has 1 aromatic rings. The van der Waals surface area contributed by atoms with Crippen LogP contribution in [0.1, 0.15) is 32.3 Å². The number of hydrogen-bond donors (Lipinski definition) is 2. The molecule has 0 unspecified atom stereocenters. The fourth-order valence-corrected chi connectivity index (χ4v) is 2.05. The van der Waals surface area contributed by atoms with Crippen LogP contribution in [-0.4, -0.2) is 33.7 Å². The van der Waals surface area contributed by atoms with Gasteiger partial charge < -0.3 is 10.2 Å². The van der Waals surface area contributed by atoms with Gasteiger partial charge in [0.05, 0.1) is 0 Å². The molecule has 0 aromatic heterocycles. The van der Waals surface area contributed by atoms with Crippen molar-refractivity contribution in [1.82, 2.24) is 4.90 Å². The van der Waals surface area contributed by atoms with Gasteiger partial charge in [-0.2, -0.15) is 0 Å². The Morgan fingerprint density at radius 2 is 2.11 bits per heavy atom. The molecule has 0 saturated heterocycles. The van der Waals surface area contributed by atoms with Crippen LogP contribution in [-0.2, 0) is 11.3 Å². The molecule has 19 heavy (non-hydrogen) atoms. The number of carboxylic acids is 1. The molecule has 0 atom stereocenters. The van der Waals surface area contributed by atoms with Crippen molar-refractivity contribution in [2.45, 2.75) is 39.3 Å². The Labute approximate surface area is 118 Å². The highest BCUT2D eigenvalue weighted by atomic mass is 35.5. The fraction of sp³-hybridized carbons (Fsp3) is 0.500. The number of phenols is 1. The average molecular weight is 286 g/mol. The monoisotopic (exact) mass is 285 g/mol. The van der Waals surface area contributed by atoms with Gasteiger partial charge in [0.15, 0.2) is 0 Å². The maximum Gasteiger partial charge on any atom is 0.303 e. The summed E-state index contributed by atoms with van der Waals surface area (Å²) in [6.45, 7) is 5.32. The van der Waals surface area contributed by atoms with Gasteiger partial charge >= 0.3 is 5.97 Å². The van der Waals surface area contributed by atoms with E-state index in [1.165, 1.54) is 0 Å². The first kappa shape index (κ1) is 15.8. The Bertz CT molecular complexity index is 435. The first-order valence-electron chi connectivity index (χ1n) is 6.33. The van der Waals surface area contributed by atoms with E-state index in [0.29, 0.717) is 24.5 Å². The molecule has 0 saturated carbocycles. The zero-order valence-corrected chi connectivity index (χ0v) is 12.0. The molecule has 0 aliphatic heterocycles. The molecule has 106 valence electrons. The van der Waals surface area contributed by atoms with Crippen LogP contribution >= 0.6 is 11.6 Å². The molecule has 0 radical (unpaired) electrons. The van der Waals surface area contributed by atoms with Crippen molar-refractivity contribution >= 4 is 17.6 Å². The molecule has 5 heteroatoms. The molecule has 1 aromatic carbocycles. The minimum Gasteiger partial charge on any atom is -0.508 e. The molecule has 0 amide bonds. The SMILES string of the molecule is CC(C)N(CCCC(=O)O)Cc1cc(Cl)ccc1O. The summed E-state index contributed by atoms with van der Waals surface area (Å²) in [6, 6.07) is 5.23. The first-order chi connectivity index (χ1) is 8.90. The zero-order chi connectivity index (χ0) is 14.4. The number of carbonyl (C=O) groups is 1. The number of phenolic OH excluding ortho intramolecular Hbond substituents is 1. The molecule has 2 N–H and O–H groups in total. The lowest BCUT2D eigenvalue weighted by Crippen LogP contribution is -2.31. The molecule has 1 rings (SSSR count). The van der Waals surface area contributed by atoms with Gasteiger partial charge in [-0.3, -0.25) is 9.69 Å². The summed E-state index contributed by atoms with van der Waals surface area (Å²) in [5.41, 5.74) is 0.761. The van der Waals surface area contributed by atoms with Crippen LogP contribution in [0.5, 0.6) is 5.75 Å². The predicted molar refractivity (Wildman–Crippen MR) is 75.5 cm³/mol. The number of hydrogen-bond acceptors (Lipinski definition) is 3. The third-order valence-corrected chi connectivity index (χ3v) is 3.22. The highest BCUT2D eigenvalue weighted by Crippen LogP contribution is 2.23. The van der Waals surface area contributed by atoms with E-state index in [0.717, 1.165) is 5.56 Å². The predicted octanol–water partition coefficient (Wildman–Crippen LogP) is 3.12. The van der Waals surface area contributed by atoms with Gasteiger partial charge in [0.2, 0.25) is 0 Å². The number of carboxylic acid groups (broad SMARTS) is 1. The highest BCUT2D eigenvalue weighted by molar-refractivity contribution is 6.30. The number of benzene rings is 1. The zero-order valence-electron chi connectivity index (χ0n) is 11.3.